The monoisotopic (exact) mass is 282 g/mol. The van der Waals surface area contributed by atoms with Crippen LogP contribution in [0.2, 0.25) is 0 Å². The molecule has 2 atom stereocenters. The summed E-state index contributed by atoms with van der Waals surface area (Å²) in [5.41, 5.74) is 0.0795. The van der Waals surface area contributed by atoms with E-state index in [9.17, 15) is 4.79 Å². The van der Waals surface area contributed by atoms with E-state index in [0.717, 1.165) is 25.9 Å². The SMILES string of the molecule is O=C(C1CCOC2(CCCCC2)C1)C1CCCCS1. The number of Topliss-reactive ketones (excluding diaryl/α,β-unsaturated/α-hetero) is 1. The quantitative estimate of drug-likeness (QED) is 0.766. The Morgan fingerprint density at radius 1 is 1.05 bits per heavy atom. The Morgan fingerprint density at radius 2 is 1.89 bits per heavy atom. The molecule has 3 aliphatic rings. The molecular weight excluding hydrogens is 256 g/mol. The molecule has 2 aliphatic heterocycles. The fourth-order valence-corrected chi connectivity index (χ4v) is 5.39. The molecule has 0 amide bonds. The number of hydrogen-bond acceptors (Lipinski definition) is 3. The topological polar surface area (TPSA) is 26.3 Å². The van der Waals surface area contributed by atoms with Gasteiger partial charge >= 0.3 is 0 Å². The van der Waals surface area contributed by atoms with Crippen LogP contribution in [0.1, 0.15) is 64.2 Å². The van der Waals surface area contributed by atoms with E-state index in [0.29, 0.717) is 17.0 Å². The third kappa shape index (κ3) is 3.18. The maximum absolute atomic E-state index is 12.7. The van der Waals surface area contributed by atoms with Crippen molar-refractivity contribution in [1.82, 2.24) is 0 Å². The highest BCUT2D eigenvalue weighted by Crippen LogP contribution is 2.42. The summed E-state index contributed by atoms with van der Waals surface area (Å²) in [6.07, 6.45) is 12.0. The molecule has 2 heterocycles. The normalized spacial score (nSPS) is 35.2. The van der Waals surface area contributed by atoms with Gasteiger partial charge in [0, 0.05) is 12.5 Å². The number of carbonyl (C=O) groups excluding carboxylic acids is 1. The van der Waals surface area contributed by atoms with Crippen molar-refractivity contribution < 1.29 is 9.53 Å². The van der Waals surface area contributed by atoms with Crippen molar-refractivity contribution in [2.24, 2.45) is 5.92 Å². The number of rotatable bonds is 2. The first kappa shape index (κ1) is 13.9. The van der Waals surface area contributed by atoms with Crippen LogP contribution in [0.25, 0.3) is 0 Å². The Hall–Kier alpha value is -0.0200. The number of ketones is 1. The van der Waals surface area contributed by atoms with Crippen molar-refractivity contribution in [2.45, 2.75) is 75.1 Å². The van der Waals surface area contributed by atoms with Gasteiger partial charge in [-0.25, -0.2) is 0 Å². The lowest BCUT2D eigenvalue weighted by Gasteiger charge is -2.43. The van der Waals surface area contributed by atoms with Gasteiger partial charge in [-0.15, -0.1) is 0 Å². The molecular formula is C16H26O2S. The molecule has 0 bridgehead atoms. The van der Waals surface area contributed by atoms with Gasteiger partial charge in [0.2, 0.25) is 0 Å². The lowest BCUT2D eigenvalue weighted by Crippen LogP contribution is -2.45. The van der Waals surface area contributed by atoms with E-state index >= 15 is 0 Å². The summed E-state index contributed by atoms with van der Waals surface area (Å²) in [6.45, 7) is 0.813. The van der Waals surface area contributed by atoms with Crippen LogP contribution >= 0.6 is 11.8 Å². The second kappa shape index (κ2) is 6.17. The average Bonchev–Trinajstić information content (AvgIpc) is 2.48. The van der Waals surface area contributed by atoms with Crippen molar-refractivity contribution in [3.8, 4) is 0 Å². The predicted octanol–water partition coefficient (Wildman–Crippen LogP) is 3.97. The van der Waals surface area contributed by atoms with Gasteiger partial charge in [0.1, 0.15) is 5.78 Å². The molecule has 3 heteroatoms. The molecule has 3 fully saturated rings. The van der Waals surface area contributed by atoms with Gasteiger partial charge in [-0.3, -0.25) is 4.79 Å². The largest absolute Gasteiger partial charge is 0.375 e. The molecule has 2 unspecified atom stereocenters. The second-order valence-electron chi connectivity index (χ2n) is 6.54. The van der Waals surface area contributed by atoms with Crippen molar-refractivity contribution in [3.05, 3.63) is 0 Å². The minimum Gasteiger partial charge on any atom is -0.375 e. The smallest absolute Gasteiger partial charge is 0.149 e. The Bertz CT molecular complexity index is 311. The first-order chi connectivity index (χ1) is 9.29. The van der Waals surface area contributed by atoms with E-state index < -0.39 is 0 Å². The summed E-state index contributed by atoms with van der Waals surface area (Å²) >= 11 is 1.91. The first-order valence-corrected chi connectivity index (χ1v) is 9.13. The number of carbonyl (C=O) groups is 1. The van der Waals surface area contributed by atoms with Crippen molar-refractivity contribution in [1.29, 1.82) is 0 Å². The standard InChI is InChI=1S/C16H26O2S/c17-15(14-6-2-5-11-19-14)13-7-10-18-16(12-13)8-3-1-4-9-16/h13-14H,1-12H2. The lowest BCUT2D eigenvalue weighted by molar-refractivity contribution is -0.142. The number of ether oxygens (including phenoxy) is 1. The third-order valence-electron chi connectivity index (χ3n) is 5.16. The zero-order valence-electron chi connectivity index (χ0n) is 11.9. The summed E-state index contributed by atoms with van der Waals surface area (Å²) in [5.74, 6) is 2.03. The molecule has 108 valence electrons. The maximum Gasteiger partial charge on any atom is 0.149 e. The Balaban J connectivity index is 1.62. The Labute approximate surface area is 121 Å². The van der Waals surface area contributed by atoms with Crippen LogP contribution in [-0.4, -0.2) is 29.0 Å². The summed E-state index contributed by atoms with van der Waals surface area (Å²) in [5, 5.41) is 0.303. The molecule has 0 aromatic rings. The highest BCUT2D eigenvalue weighted by molar-refractivity contribution is 8.00. The van der Waals surface area contributed by atoms with Crippen molar-refractivity contribution in [3.63, 3.8) is 0 Å². The molecule has 0 aromatic heterocycles. The summed E-state index contributed by atoms with van der Waals surface area (Å²) < 4.78 is 6.12. The van der Waals surface area contributed by atoms with E-state index in [-0.39, 0.29) is 5.60 Å². The second-order valence-corrected chi connectivity index (χ2v) is 7.85. The van der Waals surface area contributed by atoms with Crippen LogP contribution in [0.3, 0.4) is 0 Å². The van der Waals surface area contributed by atoms with E-state index in [1.165, 1.54) is 50.7 Å². The maximum atomic E-state index is 12.7. The fourth-order valence-electron chi connectivity index (χ4n) is 4.04. The van der Waals surface area contributed by atoms with Crippen molar-refractivity contribution >= 4 is 17.5 Å². The zero-order chi connectivity index (χ0) is 13.1. The van der Waals surface area contributed by atoms with E-state index in [1.807, 2.05) is 11.8 Å². The summed E-state index contributed by atoms with van der Waals surface area (Å²) in [7, 11) is 0. The molecule has 0 aromatic carbocycles. The van der Waals surface area contributed by atoms with Crippen LogP contribution in [0, 0.1) is 5.92 Å². The highest BCUT2D eigenvalue weighted by Gasteiger charge is 2.42. The molecule has 1 saturated carbocycles. The average molecular weight is 282 g/mol. The Morgan fingerprint density at radius 3 is 2.63 bits per heavy atom. The molecule has 19 heavy (non-hydrogen) atoms. The molecule has 2 nitrogen and oxygen atoms in total. The minimum absolute atomic E-state index is 0.0795. The fraction of sp³-hybridized carbons (Fsp3) is 0.938. The van der Waals surface area contributed by atoms with Crippen LogP contribution in [0.5, 0.6) is 0 Å². The minimum atomic E-state index is 0.0795. The predicted molar refractivity (Wildman–Crippen MR) is 79.6 cm³/mol. The number of thioether (sulfide) groups is 1. The van der Waals surface area contributed by atoms with Gasteiger partial charge in [-0.05, 0) is 44.3 Å². The van der Waals surface area contributed by atoms with Crippen LogP contribution in [0.4, 0.5) is 0 Å². The lowest BCUT2D eigenvalue weighted by atomic mass is 9.74. The van der Waals surface area contributed by atoms with Gasteiger partial charge in [-0.2, -0.15) is 11.8 Å². The molecule has 3 rings (SSSR count). The van der Waals surface area contributed by atoms with Gasteiger partial charge < -0.3 is 4.74 Å². The highest BCUT2D eigenvalue weighted by atomic mass is 32.2. The zero-order valence-corrected chi connectivity index (χ0v) is 12.7. The summed E-state index contributed by atoms with van der Waals surface area (Å²) in [6, 6.07) is 0. The van der Waals surface area contributed by atoms with Crippen molar-refractivity contribution in [2.75, 3.05) is 12.4 Å². The summed E-state index contributed by atoms with van der Waals surface area (Å²) in [4.78, 5) is 12.7. The van der Waals surface area contributed by atoms with Crippen LogP contribution < -0.4 is 0 Å². The van der Waals surface area contributed by atoms with E-state index in [4.69, 9.17) is 4.74 Å². The molecule has 0 radical (unpaired) electrons. The van der Waals surface area contributed by atoms with Gasteiger partial charge in [-0.1, -0.05) is 25.7 Å². The molecule has 1 aliphatic carbocycles. The number of hydrogen-bond donors (Lipinski definition) is 0. The van der Waals surface area contributed by atoms with E-state index in [1.54, 1.807) is 0 Å². The van der Waals surface area contributed by atoms with Gasteiger partial charge in [0.05, 0.1) is 10.9 Å². The Kier molecular flexibility index (Phi) is 4.53. The van der Waals surface area contributed by atoms with Gasteiger partial charge in [0.15, 0.2) is 0 Å². The first-order valence-electron chi connectivity index (χ1n) is 8.08. The van der Waals surface area contributed by atoms with E-state index in [2.05, 4.69) is 0 Å². The van der Waals surface area contributed by atoms with Crippen LogP contribution in [-0.2, 0) is 9.53 Å². The molecule has 2 saturated heterocycles. The van der Waals surface area contributed by atoms with Gasteiger partial charge in [0.25, 0.3) is 0 Å². The van der Waals surface area contributed by atoms with Crippen LogP contribution in [0.15, 0.2) is 0 Å². The molecule has 1 spiro atoms. The third-order valence-corrected chi connectivity index (χ3v) is 6.55. The molecule has 0 N–H and O–H groups in total.